The third-order valence-corrected chi connectivity index (χ3v) is 4.26. The van der Waals surface area contributed by atoms with Crippen molar-refractivity contribution in [3.8, 4) is 0 Å². The predicted octanol–water partition coefficient (Wildman–Crippen LogP) is 2.94. The second kappa shape index (κ2) is 7.43. The molecule has 0 radical (unpaired) electrons. The van der Waals surface area contributed by atoms with Crippen molar-refractivity contribution in [2.24, 2.45) is 5.92 Å². The molecule has 1 atom stereocenters. The molecule has 1 N–H and O–H groups in total. The Balaban J connectivity index is 2.84. The minimum Gasteiger partial charge on any atom is -0.467 e. The number of carbonyl (C=O) groups excluding carboxylic acids is 2. The van der Waals surface area contributed by atoms with E-state index >= 15 is 0 Å². The average Bonchev–Trinajstić information content (AvgIpc) is 2.76. The van der Waals surface area contributed by atoms with Gasteiger partial charge in [-0.3, -0.25) is 4.79 Å². The van der Waals surface area contributed by atoms with Gasteiger partial charge in [-0.05, 0) is 30.9 Å². The molecule has 112 valence electrons. The van der Waals surface area contributed by atoms with Crippen LogP contribution in [0.3, 0.4) is 0 Å². The SMILES string of the molecule is CCCc1cc(C(=O)NC(C(=O)OC)C(C)C)sc1C. The second-order valence-corrected chi connectivity index (χ2v) is 6.42. The summed E-state index contributed by atoms with van der Waals surface area (Å²) in [4.78, 5) is 25.7. The van der Waals surface area contributed by atoms with Crippen molar-refractivity contribution < 1.29 is 14.3 Å². The Bertz CT molecular complexity index is 479. The van der Waals surface area contributed by atoms with Gasteiger partial charge in [-0.25, -0.2) is 4.79 Å². The van der Waals surface area contributed by atoms with Crippen molar-refractivity contribution in [3.63, 3.8) is 0 Å². The summed E-state index contributed by atoms with van der Waals surface area (Å²) < 4.78 is 4.73. The summed E-state index contributed by atoms with van der Waals surface area (Å²) in [7, 11) is 1.33. The molecule has 0 spiro atoms. The van der Waals surface area contributed by atoms with E-state index < -0.39 is 12.0 Å². The Kier molecular flexibility index (Phi) is 6.20. The van der Waals surface area contributed by atoms with E-state index in [2.05, 4.69) is 12.2 Å². The van der Waals surface area contributed by atoms with Gasteiger partial charge in [-0.15, -0.1) is 11.3 Å². The number of hydrogen-bond donors (Lipinski definition) is 1. The molecule has 0 bridgehead atoms. The Morgan fingerprint density at radius 2 is 2.05 bits per heavy atom. The molecule has 0 aliphatic heterocycles. The lowest BCUT2D eigenvalue weighted by molar-refractivity contribution is -0.144. The van der Waals surface area contributed by atoms with Crippen molar-refractivity contribution in [1.29, 1.82) is 0 Å². The molecule has 1 unspecified atom stereocenters. The number of nitrogens with one attached hydrogen (secondary N) is 1. The minimum absolute atomic E-state index is 0.0115. The molecule has 1 rings (SSSR count). The third-order valence-electron chi connectivity index (χ3n) is 3.17. The topological polar surface area (TPSA) is 55.4 Å². The quantitative estimate of drug-likeness (QED) is 0.821. The largest absolute Gasteiger partial charge is 0.467 e. The maximum Gasteiger partial charge on any atom is 0.328 e. The lowest BCUT2D eigenvalue weighted by atomic mass is 10.0. The number of aryl methyl sites for hydroxylation is 2. The highest BCUT2D eigenvalue weighted by molar-refractivity contribution is 7.14. The van der Waals surface area contributed by atoms with Gasteiger partial charge in [0.25, 0.3) is 5.91 Å². The summed E-state index contributed by atoms with van der Waals surface area (Å²) in [5.41, 5.74) is 1.21. The number of esters is 1. The van der Waals surface area contributed by atoms with E-state index in [9.17, 15) is 9.59 Å². The Labute approximate surface area is 124 Å². The molecule has 0 saturated carbocycles. The van der Waals surface area contributed by atoms with Crippen LogP contribution in [0.1, 0.15) is 47.3 Å². The number of amides is 1. The van der Waals surface area contributed by atoms with Crippen molar-refractivity contribution >= 4 is 23.2 Å². The third kappa shape index (κ3) is 4.07. The normalized spacial score (nSPS) is 12.3. The molecular formula is C15H23NO3S. The molecule has 0 aliphatic carbocycles. The van der Waals surface area contributed by atoms with Crippen LogP contribution < -0.4 is 5.32 Å². The highest BCUT2D eigenvalue weighted by atomic mass is 32.1. The highest BCUT2D eigenvalue weighted by Gasteiger charge is 2.26. The zero-order valence-electron chi connectivity index (χ0n) is 12.8. The maximum atomic E-state index is 12.2. The van der Waals surface area contributed by atoms with Gasteiger partial charge in [0.05, 0.1) is 12.0 Å². The molecule has 1 amide bonds. The molecule has 0 aliphatic rings. The van der Waals surface area contributed by atoms with Crippen LogP contribution in [-0.4, -0.2) is 25.0 Å². The number of thiophene rings is 1. The standard InChI is InChI=1S/C15H23NO3S/c1-6-7-11-8-12(20-10(11)4)14(17)16-13(9(2)3)15(18)19-5/h8-9,13H,6-7H2,1-5H3,(H,16,17). The number of ether oxygens (including phenoxy) is 1. The van der Waals surface area contributed by atoms with E-state index in [0.29, 0.717) is 4.88 Å². The van der Waals surface area contributed by atoms with Crippen molar-refractivity contribution in [3.05, 3.63) is 21.4 Å². The van der Waals surface area contributed by atoms with E-state index in [0.717, 1.165) is 17.7 Å². The molecule has 1 heterocycles. The lowest BCUT2D eigenvalue weighted by Crippen LogP contribution is -2.44. The molecule has 5 heteroatoms. The van der Waals surface area contributed by atoms with E-state index in [1.165, 1.54) is 24.0 Å². The zero-order valence-corrected chi connectivity index (χ0v) is 13.6. The van der Waals surface area contributed by atoms with Crippen LogP contribution in [0.5, 0.6) is 0 Å². The molecule has 0 aromatic carbocycles. The van der Waals surface area contributed by atoms with Gasteiger partial charge in [0.1, 0.15) is 6.04 Å². The molecule has 0 fully saturated rings. The van der Waals surface area contributed by atoms with Crippen LogP contribution >= 0.6 is 11.3 Å². The van der Waals surface area contributed by atoms with Crippen molar-refractivity contribution in [1.82, 2.24) is 5.32 Å². The van der Waals surface area contributed by atoms with E-state index in [-0.39, 0.29) is 11.8 Å². The smallest absolute Gasteiger partial charge is 0.328 e. The first-order valence-electron chi connectivity index (χ1n) is 6.88. The van der Waals surface area contributed by atoms with Crippen molar-refractivity contribution in [2.75, 3.05) is 7.11 Å². The molecule has 0 saturated heterocycles. The summed E-state index contributed by atoms with van der Waals surface area (Å²) in [6, 6.07) is 1.32. The summed E-state index contributed by atoms with van der Waals surface area (Å²) >= 11 is 1.47. The number of rotatable bonds is 6. The van der Waals surface area contributed by atoms with Crippen LogP contribution in [0.15, 0.2) is 6.07 Å². The van der Waals surface area contributed by atoms with Crippen LogP contribution in [0, 0.1) is 12.8 Å². The van der Waals surface area contributed by atoms with Crippen LogP contribution in [0.25, 0.3) is 0 Å². The minimum atomic E-state index is -0.607. The van der Waals surface area contributed by atoms with E-state index in [1.807, 2.05) is 26.8 Å². The van der Waals surface area contributed by atoms with Gasteiger partial charge in [0, 0.05) is 4.88 Å². The molecule has 20 heavy (non-hydrogen) atoms. The zero-order chi connectivity index (χ0) is 15.3. The van der Waals surface area contributed by atoms with Crippen LogP contribution in [-0.2, 0) is 16.0 Å². The van der Waals surface area contributed by atoms with Crippen molar-refractivity contribution in [2.45, 2.75) is 46.6 Å². The average molecular weight is 297 g/mol. The lowest BCUT2D eigenvalue weighted by Gasteiger charge is -2.19. The van der Waals surface area contributed by atoms with Gasteiger partial charge in [-0.1, -0.05) is 27.2 Å². The Morgan fingerprint density at radius 1 is 1.40 bits per heavy atom. The van der Waals surface area contributed by atoms with Gasteiger partial charge in [-0.2, -0.15) is 0 Å². The summed E-state index contributed by atoms with van der Waals surface area (Å²) in [6.07, 6.45) is 2.02. The summed E-state index contributed by atoms with van der Waals surface area (Å²) in [6.45, 7) is 7.89. The number of hydrogen-bond acceptors (Lipinski definition) is 4. The maximum absolute atomic E-state index is 12.2. The number of carbonyl (C=O) groups is 2. The van der Waals surface area contributed by atoms with Crippen LogP contribution in [0.4, 0.5) is 0 Å². The first-order chi connectivity index (χ1) is 9.40. The van der Waals surface area contributed by atoms with Gasteiger partial charge >= 0.3 is 5.97 Å². The Hall–Kier alpha value is -1.36. The molecule has 1 aromatic heterocycles. The Morgan fingerprint density at radius 3 is 2.55 bits per heavy atom. The summed E-state index contributed by atoms with van der Waals surface area (Å²) in [5, 5.41) is 2.76. The second-order valence-electron chi connectivity index (χ2n) is 5.16. The molecule has 1 aromatic rings. The first kappa shape index (κ1) is 16.7. The highest BCUT2D eigenvalue weighted by Crippen LogP contribution is 2.23. The van der Waals surface area contributed by atoms with Crippen LogP contribution in [0.2, 0.25) is 0 Å². The van der Waals surface area contributed by atoms with Gasteiger partial charge < -0.3 is 10.1 Å². The van der Waals surface area contributed by atoms with E-state index in [1.54, 1.807) is 0 Å². The fraction of sp³-hybridized carbons (Fsp3) is 0.600. The number of methoxy groups -OCH3 is 1. The fourth-order valence-corrected chi connectivity index (χ4v) is 2.96. The first-order valence-corrected chi connectivity index (χ1v) is 7.70. The monoisotopic (exact) mass is 297 g/mol. The molecule has 4 nitrogen and oxygen atoms in total. The van der Waals surface area contributed by atoms with Gasteiger partial charge in [0.2, 0.25) is 0 Å². The summed E-state index contributed by atoms with van der Waals surface area (Å²) in [5.74, 6) is -0.623. The predicted molar refractivity (Wildman–Crippen MR) is 81.2 cm³/mol. The fourth-order valence-electron chi connectivity index (χ4n) is 1.99. The molecular weight excluding hydrogens is 274 g/mol. The van der Waals surface area contributed by atoms with E-state index in [4.69, 9.17) is 4.74 Å². The van der Waals surface area contributed by atoms with Gasteiger partial charge in [0.15, 0.2) is 0 Å².